The van der Waals surface area contributed by atoms with Crippen molar-refractivity contribution in [3.05, 3.63) is 125 Å². The second-order valence-electron chi connectivity index (χ2n) is 8.43. The topological polar surface area (TPSA) is 87.7 Å². The fourth-order valence-electron chi connectivity index (χ4n) is 3.90. The van der Waals surface area contributed by atoms with E-state index in [2.05, 4.69) is 10.6 Å². The van der Waals surface area contributed by atoms with Gasteiger partial charge in [-0.2, -0.15) is 0 Å². The van der Waals surface area contributed by atoms with Crippen molar-refractivity contribution in [1.29, 1.82) is 0 Å². The van der Waals surface area contributed by atoms with Crippen molar-refractivity contribution in [2.24, 2.45) is 0 Å². The molecule has 0 fully saturated rings. The SMILES string of the molecule is COc1ccc(C(=O)Nc2cccc(SC3=C(Nc4ccc(F)cc4)C(=O)N(c4ccccc4)C3=O)c2)cc1. The minimum absolute atomic E-state index is 0.0770. The van der Waals surface area contributed by atoms with Gasteiger partial charge in [-0.05, 0) is 78.9 Å². The molecule has 4 aromatic rings. The van der Waals surface area contributed by atoms with Crippen molar-refractivity contribution in [3.63, 3.8) is 0 Å². The Bertz CT molecular complexity index is 1570. The van der Waals surface area contributed by atoms with Crippen molar-refractivity contribution in [2.75, 3.05) is 22.6 Å². The molecule has 0 aliphatic carbocycles. The van der Waals surface area contributed by atoms with E-state index in [9.17, 15) is 18.8 Å². The van der Waals surface area contributed by atoms with Crippen LogP contribution in [0.25, 0.3) is 0 Å². The van der Waals surface area contributed by atoms with Gasteiger partial charge >= 0.3 is 0 Å². The summed E-state index contributed by atoms with van der Waals surface area (Å²) in [5, 5.41) is 5.85. The molecule has 7 nitrogen and oxygen atoms in total. The first-order valence-corrected chi connectivity index (χ1v) is 12.7. The van der Waals surface area contributed by atoms with Gasteiger partial charge in [0.2, 0.25) is 0 Å². The molecule has 0 unspecified atom stereocenters. The number of nitrogens with zero attached hydrogens (tertiary/aromatic N) is 1. The molecule has 1 heterocycles. The van der Waals surface area contributed by atoms with Gasteiger partial charge < -0.3 is 15.4 Å². The van der Waals surface area contributed by atoms with Crippen LogP contribution < -0.4 is 20.3 Å². The maximum Gasteiger partial charge on any atom is 0.283 e. The zero-order chi connectivity index (χ0) is 27.4. The summed E-state index contributed by atoms with van der Waals surface area (Å²) in [6, 6.07) is 27.8. The first-order valence-electron chi connectivity index (χ1n) is 11.9. The Morgan fingerprint density at radius 2 is 1.54 bits per heavy atom. The van der Waals surface area contributed by atoms with Crippen molar-refractivity contribution >= 4 is 46.5 Å². The Morgan fingerprint density at radius 1 is 0.821 bits per heavy atom. The van der Waals surface area contributed by atoms with Gasteiger partial charge in [0, 0.05) is 21.8 Å². The lowest BCUT2D eigenvalue weighted by atomic mass is 10.2. The number of ether oxygens (including phenoxy) is 1. The standard InChI is InChI=1S/C30H22FN3O4S/c1-38-24-16-10-19(11-17-24)28(35)33-22-6-5-9-25(18-22)39-27-26(32-21-14-12-20(31)13-15-21)29(36)34(30(27)37)23-7-3-2-4-8-23/h2-18,32H,1H3,(H,33,35). The number of carbonyl (C=O) groups is 3. The molecule has 0 saturated carbocycles. The molecular formula is C30H22FN3O4S. The Kier molecular flexibility index (Phi) is 7.42. The molecule has 0 spiro atoms. The summed E-state index contributed by atoms with van der Waals surface area (Å²) < 4.78 is 18.6. The van der Waals surface area contributed by atoms with Crippen LogP contribution in [0.1, 0.15) is 10.4 Å². The van der Waals surface area contributed by atoms with E-state index >= 15 is 0 Å². The molecule has 2 N–H and O–H groups in total. The molecule has 0 saturated heterocycles. The Morgan fingerprint density at radius 3 is 2.23 bits per heavy atom. The molecule has 0 radical (unpaired) electrons. The van der Waals surface area contributed by atoms with Crippen LogP contribution in [0.15, 0.2) is 119 Å². The van der Waals surface area contributed by atoms with E-state index in [1.165, 1.54) is 24.3 Å². The third kappa shape index (κ3) is 5.68. The third-order valence-corrected chi connectivity index (χ3v) is 6.91. The number of hydrogen-bond donors (Lipinski definition) is 2. The maximum atomic E-state index is 13.5. The number of methoxy groups -OCH3 is 1. The van der Waals surface area contributed by atoms with Gasteiger partial charge in [0.05, 0.1) is 12.8 Å². The molecule has 5 rings (SSSR count). The Balaban J connectivity index is 1.42. The number of halogens is 1. The summed E-state index contributed by atoms with van der Waals surface area (Å²) in [6.07, 6.45) is 0. The van der Waals surface area contributed by atoms with E-state index in [1.807, 2.05) is 0 Å². The van der Waals surface area contributed by atoms with Crippen LogP contribution in [0.5, 0.6) is 5.75 Å². The molecule has 0 aromatic heterocycles. The zero-order valence-corrected chi connectivity index (χ0v) is 21.5. The van der Waals surface area contributed by atoms with Crippen molar-refractivity contribution in [2.45, 2.75) is 4.90 Å². The highest BCUT2D eigenvalue weighted by atomic mass is 32.2. The van der Waals surface area contributed by atoms with Crippen LogP contribution >= 0.6 is 11.8 Å². The number of nitrogens with one attached hydrogen (secondary N) is 2. The van der Waals surface area contributed by atoms with Gasteiger partial charge in [-0.25, -0.2) is 9.29 Å². The predicted molar refractivity (Wildman–Crippen MR) is 149 cm³/mol. The molecule has 9 heteroatoms. The smallest absolute Gasteiger partial charge is 0.283 e. The van der Waals surface area contributed by atoms with Gasteiger partial charge in [0.15, 0.2) is 0 Å². The van der Waals surface area contributed by atoms with E-state index in [1.54, 1.807) is 86.0 Å². The molecule has 39 heavy (non-hydrogen) atoms. The maximum absolute atomic E-state index is 13.5. The Hall–Kier alpha value is -4.89. The van der Waals surface area contributed by atoms with Crippen LogP contribution in [0.4, 0.5) is 21.5 Å². The number of hydrogen-bond acceptors (Lipinski definition) is 6. The fraction of sp³-hybridized carbons (Fsp3) is 0.0333. The van der Waals surface area contributed by atoms with Crippen LogP contribution in [-0.4, -0.2) is 24.8 Å². The Labute approximate surface area is 228 Å². The molecule has 0 bridgehead atoms. The highest BCUT2D eigenvalue weighted by molar-refractivity contribution is 8.04. The lowest BCUT2D eigenvalue weighted by Crippen LogP contribution is -2.32. The van der Waals surface area contributed by atoms with Crippen molar-refractivity contribution < 1.29 is 23.5 Å². The number of imide groups is 1. The molecule has 1 aliphatic rings. The number of amides is 3. The van der Waals surface area contributed by atoms with Gasteiger partial charge in [-0.3, -0.25) is 14.4 Å². The van der Waals surface area contributed by atoms with Gasteiger partial charge in [-0.1, -0.05) is 36.0 Å². The van der Waals surface area contributed by atoms with Gasteiger partial charge in [-0.15, -0.1) is 0 Å². The number of benzene rings is 4. The lowest BCUT2D eigenvalue weighted by molar-refractivity contribution is -0.120. The second kappa shape index (κ2) is 11.2. The van der Waals surface area contributed by atoms with E-state index in [0.717, 1.165) is 16.7 Å². The van der Waals surface area contributed by atoms with Crippen LogP contribution in [0.2, 0.25) is 0 Å². The van der Waals surface area contributed by atoms with E-state index in [0.29, 0.717) is 33.3 Å². The summed E-state index contributed by atoms with van der Waals surface area (Å²) in [5.74, 6) is -1.10. The number of thioether (sulfide) groups is 1. The van der Waals surface area contributed by atoms with Crippen molar-refractivity contribution in [1.82, 2.24) is 0 Å². The molecule has 4 aromatic carbocycles. The highest BCUT2D eigenvalue weighted by Gasteiger charge is 2.40. The summed E-state index contributed by atoms with van der Waals surface area (Å²) in [7, 11) is 1.55. The van der Waals surface area contributed by atoms with Crippen LogP contribution in [0.3, 0.4) is 0 Å². The predicted octanol–water partition coefficient (Wildman–Crippen LogP) is 6.08. The normalized spacial score (nSPS) is 13.0. The average Bonchev–Trinajstić information content (AvgIpc) is 3.18. The largest absolute Gasteiger partial charge is 0.497 e. The molecule has 0 atom stereocenters. The summed E-state index contributed by atoms with van der Waals surface area (Å²) in [4.78, 5) is 41.6. The van der Waals surface area contributed by atoms with E-state index in [4.69, 9.17) is 4.74 Å². The first kappa shape index (κ1) is 25.7. The molecule has 3 amide bonds. The second-order valence-corrected chi connectivity index (χ2v) is 9.51. The molecule has 1 aliphatic heterocycles. The monoisotopic (exact) mass is 539 g/mol. The summed E-state index contributed by atoms with van der Waals surface area (Å²) >= 11 is 1.10. The third-order valence-electron chi connectivity index (χ3n) is 5.83. The lowest BCUT2D eigenvalue weighted by Gasteiger charge is -2.15. The summed E-state index contributed by atoms with van der Waals surface area (Å²) in [5.41, 5.74) is 1.94. The first-order chi connectivity index (χ1) is 18.9. The van der Waals surface area contributed by atoms with Crippen molar-refractivity contribution in [3.8, 4) is 5.75 Å². The minimum Gasteiger partial charge on any atom is -0.497 e. The van der Waals surface area contributed by atoms with E-state index < -0.39 is 17.6 Å². The van der Waals surface area contributed by atoms with Crippen LogP contribution in [0, 0.1) is 5.82 Å². The van der Waals surface area contributed by atoms with Crippen LogP contribution in [-0.2, 0) is 9.59 Å². The molecule has 194 valence electrons. The number of anilines is 3. The number of rotatable bonds is 8. The number of para-hydroxylation sites is 1. The zero-order valence-electron chi connectivity index (χ0n) is 20.7. The average molecular weight is 540 g/mol. The highest BCUT2D eigenvalue weighted by Crippen LogP contribution is 2.38. The quantitative estimate of drug-likeness (QED) is 0.264. The van der Waals surface area contributed by atoms with Gasteiger partial charge in [0.25, 0.3) is 17.7 Å². The van der Waals surface area contributed by atoms with Gasteiger partial charge in [0.1, 0.15) is 22.2 Å². The van der Waals surface area contributed by atoms with E-state index in [-0.39, 0.29) is 16.5 Å². The summed E-state index contributed by atoms with van der Waals surface area (Å²) in [6.45, 7) is 0. The molecular weight excluding hydrogens is 517 g/mol. The number of carbonyl (C=O) groups excluding carboxylic acids is 3. The minimum atomic E-state index is -0.526. The fourth-order valence-corrected chi connectivity index (χ4v) is 4.89.